The summed E-state index contributed by atoms with van der Waals surface area (Å²) < 4.78 is 17.6. The van der Waals surface area contributed by atoms with Crippen molar-refractivity contribution in [3.05, 3.63) is 46.6 Å². The predicted octanol–water partition coefficient (Wildman–Crippen LogP) is 3.11. The molecular weight excluding hydrogens is 285 g/mol. The number of carbonyl (C=O) groups excluding carboxylic acids is 1. The number of hydrogen-bond donors (Lipinski definition) is 1. The minimum atomic E-state index is -0.631. The van der Waals surface area contributed by atoms with Gasteiger partial charge in [0.15, 0.2) is 0 Å². The van der Waals surface area contributed by atoms with Gasteiger partial charge in [0.05, 0.1) is 12.1 Å². The number of ether oxygens (including phenoxy) is 1. The van der Waals surface area contributed by atoms with Gasteiger partial charge in [0.2, 0.25) is 5.82 Å². The van der Waals surface area contributed by atoms with Crippen molar-refractivity contribution in [3.8, 4) is 0 Å². The van der Waals surface area contributed by atoms with Crippen LogP contribution in [0.15, 0.2) is 24.3 Å². The van der Waals surface area contributed by atoms with E-state index < -0.39 is 11.8 Å². The number of aryl methyl sites for hydroxylation is 1. The molecule has 0 saturated carbocycles. The van der Waals surface area contributed by atoms with Crippen LogP contribution >= 0.6 is 11.6 Å². The number of esters is 1. The Bertz CT molecular complexity index is 664. The summed E-state index contributed by atoms with van der Waals surface area (Å²) in [5.41, 5.74) is 1.14. The van der Waals surface area contributed by atoms with Gasteiger partial charge in [-0.2, -0.15) is 0 Å². The highest BCUT2D eigenvalue weighted by Crippen LogP contribution is 2.22. The molecule has 7 heteroatoms. The zero-order valence-corrected chi connectivity index (χ0v) is 11.5. The summed E-state index contributed by atoms with van der Waals surface area (Å²) in [5.74, 6) is -0.802. The number of halogens is 2. The molecule has 1 aromatic heterocycles. The fourth-order valence-corrected chi connectivity index (χ4v) is 1.72. The van der Waals surface area contributed by atoms with Gasteiger partial charge < -0.3 is 10.1 Å². The summed E-state index contributed by atoms with van der Waals surface area (Å²) >= 11 is 5.69. The Hall–Kier alpha value is -2.21. The lowest BCUT2D eigenvalue weighted by molar-refractivity contribution is 0.0586. The number of anilines is 2. The highest BCUT2D eigenvalue weighted by Gasteiger charge is 2.11. The zero-order chi connectivity index (χ0) is 14.7. The average Bonchev–Trinajstić information content (AvgIpc) is 2.41. The van der Waals surface area contributed by atoms with Crippen molar-refractivity contribution in [3.63, 3.8) is 0 Å². The van der Waals surface area contributed by atoms with Crippen LogP contribution in [0.3, 0.4) is 0 Å². The van der Waals surface area contributed by atoms with Crippen LogP contribution in [0.5, 0.6) is 0 Å². The van der Waals surface area contributed by atoms with Crippen molar-refractivity contribution >= 4 is 29.1 Å². The third-order valence-corrected chi connectivity index (χ3v) is 2.70. The topological polar surface area (TPSA) is 64.1 Å². The minimum Gasteiger partial charge on any atom is -0.463 e. The van der Waals surface area contributed by atoms with Crippen molar-refractivity contribution in [1.29, 1.82) is 0 Å². The fourth-order valence-electron chi connectivity index (χ4n) is 1.54. The van der Waals surface area contributed by atoms with Crippen molar-refractivity contribution in [1.82, 2.24) is 9.97 Å². The molecule has 0 amide bonds. The van der Waals surface area contributed by atoms with E-state index in [-0.39, 0.29) is 10.8 Å². The second-order valence-corrected chi connectivity index (χ2v) is 4.37. The first-order chi connectivity index (χ1) is 9.49. The molecule has 2 aromatic rings. The summed E-state index contributed by atoms with van der Waals surface area (Å²) in [5, 5.41) is 2.92. The lowest BCUT2D eigenvalue weighted by Crippen LogP contribution is -2.10. The van der Waals surface area contributed by atoms with Crippen LogP contribution in [0.25, 0.3) is 0 Å². The van der Waals surface area contributed by atoms with E-state index in [9.17, 15) is 9.18 Å². The molecule has 5 nitrogen and oxygen atoms in total. The Morgan fingerprint density at radius 2 is 2.10 bits per heavy atom. The number of nitrogens with one attached hydrogen (secondary N) is 1. The third kappa shape index (κ3) is 3.21. The first-order valence-corrected chi connectivity index (χ1v) is 6.03. The van der Waals surface area contributed by atoms with E-state index in [0.29, 0.717) is 17.2 Å². The molecule has 1 N–H and O–H groups in total. The van der Waals surface area contributed by atoms with Crippen LogP contribution in [-0.2, 0) is 4.74 Å². The number of aromatic nitrogens is 2. The summed E-state index contributed by atoms with van der Waals surface area (Å²) in [6.45, 7) is 1.72. The van der Waals surface area contributed by atoms with Crippen LogP contribution in [0.2, 0.25) is 5.02 Å². The molecule has 2 rings (SSSR count). The van der Waals surface area contributed by atoms with Crippen molar-refractivity contribution < 1.29 is 13.9 Å². The Morgan fingerprint density at radius 3 is 2.75 bits per heavy atom. The van der Waals surface area contributed by atoms with Crippen LogP contribution < -0.4 is 5.32 Å². The van der Waals surface area contributed by atoms with Crippen LogP contribution in [0.1, 0.15) is 16.3 Å². The molecule has 1 aromatic carbocycles. The van der Waals surface area contributed by atoms with Gasteiger partial charge in [0.1, 0.15) is 11.6 Å². The van der Waals surface area contributed by atoms with Crippen molar-refractivity contribution in [2.24, 2.45) is 0 Å². The SMILES string of the molecule is COC(=O)c1nc(C)cc(Nc2ccc(F)c(Cl)c2)n1. The van der Waals surface area contributed by atoms with E-state index in [0.717, 1.165) is 0 Å². The van der Waals surface area contributed by atoms with Crippen LogP contribution in [0.4, 0.5) is 15.9 Å². The fraction of sp³-hybridized carbons (Fsp3) is 0.154. The van der Waals surface area contributed by atoms with Gasteiger partial charge in [-0.1, -0.05) is 11.6 Å². The second kappa shape index (κ2) is 5.83. The van der Waals surface area contributed by atoms with Crippen LogP contribution in [-0.4, -0.2) is 23.0 Å². The number of rotatable bonds is 3. The summed E-state index contributed by atoms with van der Waals surface area (Å²) in [6, 6.07) is 5.81. The largest absolute Gasteiger partial charge is 0.463 e. The first-order valence-electron chi connectivity index (χ1n) is 5.65. The van der Waals surface area contributed by atoms with E-state index in [1.165, 1.54) is 25.3 Å². The lowest BCUT2D eigenvalue weighted by Gasteiger charge is -2.08. The van der Waals surface area contributed by atoms with Gasteiger partial charge >= 0.3 is 5.97 Å². The molecule has 104 valence electrons. The highest BCUT2D eigenvalue weighted by molar-refractivity contribution is 6.31. The molecule has 0 unspecified atom stereocenters. The molecular formula is C13H11ClFN3O2. The lowest BCUT2D eigenvalue weighted by atomic mass is 10.3. The van der Waals surface area contributed by atoms with E-state index >= 15 is 0 Å². The van der Waals surface area contributed by atoms with Crippen molar-refractivity contribution in [2.45, 2.75) is 6.92 Å². The normalized spacial score (nSPS) is 10.2. The Labute approximate surface area is 119 Å². The molecule has 0 saturated heterocycles. The Morgan fingerprint density at radius 1 is 1.35 bits per heavy atom. The quantitative estimate of drug-likeness (QED) is 0.882. The predicted molar refractivity (Wildman–Crippen MR) is 72.8 cm³/mol. The van der Waals surface area contributed by atoms with Gasteiger partial charge in [0.25, 0.3) is 0 Å². The minimum absolute atomic E-state index is 0.00558. The Balaban J connectivity index is 2.31. The van der Waals surface area contributed by atoms with Gasteiger partial charge in [-0.05, 0) is 25.1 Å². The number of hydrogen-bond acceptors (Lipinski definition) is 5. The molecule has 0 aliphatic rings. The number of nitrogens with zero attached hydrogens (tertiary/aromatic N) is 2. The molecule has 0 bridgehead atoms. The molecule has 1 heterocycles. The van der Waals surface area contributed by atoms with Crippen molar-refractivity contribution in [2.75, 3.05) is 12.4 Å². The maximum atomic E-state index is 13.1. The van der Waals surface area contributed by atoms with E-state index in [1.807, 2.05) is 0 Å². The molecule has 0 fully saturated rings. The number of carbonyl (C=O) groups is 1. The van der Waals surface area contributed by atoms with Gasteiger partial charge in [-0.25, -0.2) is 19.2 Å². The number of benzene rings is 1. The molecule has 0 aliphatic carbocycles. The maximum Gasteiger partial charge on any atom is 0.376 e. The number of methoxy groups -OCH3 is 1. The van der Waals surface area contributed by atoms with Gasteiger partial charge in [-0.3, -0.25) is 0 Å². The van der Waals surface area contributed by atoms with Gasteiger partial charge in [0, 0.05) is 17.4 Å². The third-order valence-electron chi connectivity index (χ3n) is 2.41. The summed E-state index contributed by atoms with van der Waals surface area (Å²) in [7, 11) is 1.25. The molecule has 0 aliphatic heterocycles. The standard InChI is InChI=1S/C13H11ClFN3O2/c1-7-5-11(18-12(16-7)13(19)20-2)17-8-3-4-10(15)9(14)6-8/h3-6H,1-2H3,(H,16,17,18). The molecule has 0 radical (unpaired) electrons. The second-order valence-electron chi connectivity index (χ2n) is 3.96. The maximum absolute atomic E-state index is 13.1. The molecule has 0 atom stereocenters. The van der Waals surface area contributed by atoms with E-state index in [2.05, 4.69) is 20.0 Å². The van der Waals surface area contributed by atoms with Crippen LogP contribution in [0, 0.1) is 12.7 Å². The zero-order valence-electron chi connectivity index (χ0n) is 10.8. The van der Waals surface area contributed by atoms with Gasteiger partial charge in [-0.15, -0.1) is 0 Å². The first kappa shape index (κ1) is 14.2. The summed E-state index contributed by atoms with van der Waals surface area (Å²) in [4.78, 5) is 19.4. The smallest absolute Gasteiger partial charge is 0.376 e. The average molecular weight is 296 g/mol. The summed E-state index contributed by atoms with van der Waals surface area (Å²) in [6.07, 6.45) is 0. The Kier molecular flexibility index (Phi) is 4.14. The molecule has 20 heavy (non-hydrogen) atoms. The monoisotopic (exact) mass is 295 g/mol. The van der Waals surface area contributed by atoms with E-state index in [1.54, 1.807) is 13.0 Å². The van der Waals surface area contributed by atoms with E-state index in [4.69, 9.17) is 11.6 Å². The molecule has 0 spiro atoms. The highest BCUT2D eigenvalue weighted by atomic mass is 35.5.